The number of nitrogens with zero attached hydrogens (tertiary/aromatic N) is 3. The van der Waals surface area contributed by atoms with Gasteiger partial charge in [0.2, 0.25) is 10.0 Å². The maximum Gasteiger partial charge on any atom is 0.214 e. The molecule has 0 aromatic carbocycles. The molecule has 23 heavy (non-hydrogen) atoms. The third kappa shape index (κ3) is 3.46. The molecule has 1 aromatic rings. The smallest absolute Gasteiger partial charge is 0.214 e. The quantitative estimate of drug-likeness (QED) is 0.825. The average Bonchev–Trinajstić information content (AvgIpc) is 3.16. The largest absolute Gasteiger partial charge is 0.370 e. The minimum absolute atomic E-state index is 0.102. The van der Waals surface area contributed by atoms with Crippen molar-refractivity contribution >= 4 is 10.0 Å². The number of hydrogen-bond donors (Lipinski definition) is 0. The topological polar surface area (TPSA) is 64.4 Å². The van der Waals surface area contributed by atoms with Crippen molar-refractivity contribution in [2.75, 3.05) is 25.4 Å². The van der Waals surface area contributed by atoms with Gasteiger partial charge in [0.05, 0.1) is 5.75 Å². The van der Waals surface area contributed by atoms with Crippen molar-refractivity contribution in [3.63, 3.8) is 0 Å². The summed E-state index contributed by atoms with van der Waals surface area (Å²) in [5.41, 5.74) is 1.14. The second-order valence-electron chi connectivity index (χ2n) is 6.58. The van der Waals surface area contributed by atoms with Crippen LogP contribution < -0.4 is 0 Å². The SMILES string of the molecule is CCCS(=O)(=O)N1CCC(n2c(C)cnc2C2CCCO2)CC1. The van der Waals surface area contributed by atoms with Crippen molar-refractivity contribution in [3.8, 4) is 0 Å². The zero-order valence-electron chi connectivity index (χ0n) is 14.1. The molecule has 2 aliphatic rings. The van der Waals surface area contributed by atoms with E-state index in [0.29, 0.717) is 25.6 Å². The molecule has 130 valence electrons. The average molecular weight is 341 g/mol. The summed E-state index contributed by atoms with van der Waals surface area (Å²) in [6, 6.07) is 0.324. The van der Waals surface area contributed by atoms with Crippen molar-refractivity contribution in [1.82, 2.24) is 13.9 Å². The van der Waals surface area contributed by atoms with Crippen LogP contribution in [0.3, 0.4) is 0 Å². The Balaban J connectivity index is 1.72. The van der Waals surface area contributed by atoms with E-state index in [0.717, 1.165) is 43.8 Å². The van der Waals surface area contributed by atoms with Gasteiger partial charge in [0, 0.05) is 37.6 Å². The lowest BCUT2D eigenvalue weighted by atomic mass is 10.1. The van der Waals surface area contributed by atoms with E-state index in [-0.39, 0.29) is 11.9 Å². The molecule has 3 rings (SSSR count). The summed E-state index contributed by atoms with van der Waals surface area (Å²) in [7, 11) is -3.08. The summed E-state index contributed by atoms with van der Waals surface area (Å²) in [4.78, 5) is 4.58. The van der Waals surface area contributed by atoms with E-state index in [1.54, 1.807) is 4.31 Å². The molecule has 2 saturated heterocycles. The fourth-order valence-electron chi connectivity index (χ4n) is 3.72. The molecule has 7 heteroatoms. The molecule has 2 aliphatic heterocycles. The fourth-order valence-corrected chi connectivity index (χ4v) is 5.27. The highest BCUT2D eigenvalue weighted by atomic mass is 32.2. The zero-order chi connectivity index (χ0) is 16.4. The Bertz CT molecular complexity index is 627. The van der Waals surface area contributed by atoms with Crippen molar-refractivity contribution in [1.29, 1.82) is 0 Å². The second-order valence-corrected chi connectivity index (χ2v) is 8.66. The van der Waals surface area contributed by atoms with Gasteiger partial charge in [-0.1, -0.05) is 6.92 Å². The number of rotatable bonds is 5. The monoisotopic (exact) mass is 341 g/mol. The van der Waals surface area contributed by atoms with E-state index in [1.807, 2.05) is 13.1 Å². The Kier molecular flexibility index (Phi) is 5.08. The molecular weight excluding hydrogens is 314 g/mol. The summed E-state index contributed by atoms with van der Waals surface area (Å²) in [5.74, 6) is 1.28. The number of sulfonamides is 1. The Morgan fingerprint density at radius 1 is 1.30 bits per heavy atom. The van der Waals surface area contributed by atoms with Crippen LogP contribution in [0.1, 0.15) is 62.7 Å². The van der Waals surface area contributed by atoms with E-state index < -0.39 is 10.0 Å². The van der Waals surface area contributed by atoms with E-state index in [9.17, 15) is 8.42 Å². The highest BCUT2D eigenvalue weighted by Gasteiger charge is 2.31. The molecule has 6 nitrogen and oxygen atoms in total. The first-order valence-corrected chi connectivity index (χ1v) is 10.3. The number of ether oxygens (including phenoxy) is 1. The lowest BCUT2D eigenvalue weighted by Crippen LogP contribution is -2.40. The van der Waals surface area contributed by atoms with Gasteiger partial charge in [0.25, 0.3) is 0 Å². The first kappa shape index (κ1) is 16.9. The van der Waals surface area contributed by atoms with Gasteiger partial charge < -0.3 is 9.30 Å². The summed E-state index contributed by atoms with van der Waals surface area (Å²) in [6.07, 6.45) is 6.50. The van der Waals surface area contributed by atoms with Crippen LogP contribution in [-0.2, 0) is 14.8 Å². The van der Waals surface area contributed by atoms with Gasteiger partial charge in [-0.05, 0) is 39.0 Å². The highest BCUT2D eigenvalue weighted by Crippen LogP contribution is 2.33. The van der Waals surface area contributed by atoms with Crippen LogP contribution in [0.15, 0.2) is 6.20 Å². The van der Waals surface area contributed by atoms with Crippen LogP contribution >= 0.6 is 0 Å². The minimum atomic E-state index is -3.08. The van der Waals surface area contributed by atoms with E-state index in [4.69, 9.17) is 4.74 Å². The molecule has 3 heterocycles. The molecule has 1 unspecified atom stereocenters. The van der Waals surface area contributed by atoms with Crippen molar-refractivity contribution in [2.45, 2.75) is 58.1 Å². The van der Waals surface area contributed by atoms with E-state index in [1.165, 1.54) is 0 Å². The van der Waals surface area contributed by atoms with Crippen LogP contribution in [0, 0.1) is 6.92 Å². The van der Waals surface area contributed by atoms with Crippen LogP contribution in [0.4, 0.5) is 0 Å². The van der Waals surface area contributed by atoms with Gasteiger partial charge in [-0.25, -0.2) is 17.7 Å². The molecule has 0 amide bonds. The molecule has 0 bridgehead atoms. The maximum atomic E-state index is 12.2. The normalized spacial score (nSPS) is 24.3. The Hall–Kier alpha value is -0.920. The predicted molar refractivity (Wildman–Crippen MR) is 88.8 cm³/mol. The number of aromatic nitrogens is 2. The fraction of sp³-hybridized carbons (Fsp3) is 0.812. The molecular formula is C16H27N3O3S. The van der Waals surface area contributed by atoms with Crippen molar-refractivity contribution in [2.24, 2.45) is 0 Å². The van der Waals surface area contributed by atoms with Crippen LogP contribution in [0.2, 0.25) is 0 Å². The Morgan fingerprint density at radius 2 is 2.04 bits per heavy atom. The van der Waals surface area contributed by atoms with Gasteiger partial charge in [-0.2, -0.15) is 0 Å². The second kappa shape index (κ2) is 6.91. The maximum absolute atomic E-state index is 12.2. The Labute approximate surface area is 138 Å². The summed E-state index contributed by atoms with van der Waals surface area (Å²) in [6.45, 7) is 6.01. The van der Waals surface area contributed by atoms with Gasteiger partial charge in [0.15, 0.2) is 0 Å². The van der Waals surface area contributed by atoms with Crippen LogP contribution in [-0.4, -0.2) is 47.7 Å². The Morgan fingerprint density at radius 3 is 2.65 bits per heavy atom. The molecule has 0 N–H and O–H groups in total. The van der Waals surface area contributed by atoms with Gasteiger partial charge in [-0.15, -0.1) is 0 Å². The predicted octanol–water partition coefficient (Wildman–Crippen LogP) is 2.42. The van der Waals surface area contributed by atoms with Gasteiger partial charge in [-0.3, -0.25) is 0 Å². The summed E-state index contributed by atoms with van der Waals surface area (Å²) in [5, 5.41) is 0. The number of hydrogen-bond acceptors (Lipinski definition) is 4. The third-order valence-electron chi connectivity index (χ3n) is 4.87. The van der Waals surface area contributed by atoms with Crippen LogP contribution in [0.5, 0.6) is 0 Å². The summed E-state index contributed by atoms with van der Waals surface area (Å²) >= 11 is 0. The lowest BCUT2D eigenvalue weighted by molar-refractivity contribution is 0.0982. The lowest BCUT2D eigenvalue weighted by Gasteiger charge is -2.33. The molecule has 1 atom stereocenters. The number of piperidine rings is 1. The highest BCUT2D eigenvalue weighted by molar-refractivity contribution is 7.89. The first-order valence-electron chi connectivity index (χ1n) is 8.66. The molecule has 0 radical (unpaired) electrons. The van der Waals surface area contributed by atoms with Crippen molar-refractivity contribution < 1.29 is 13.2 Å². The van der Waals surface area contributed by atoms with E-state index >= 15 is 0 Å². The summed E-state index contributed by atoms with van der Waals surface area (Å²) < 4.78 is 34.2. The molecule has 1 aromatic heterocycles. The first-order chi connectivity index (χ1) is 11.0. The molecule has 0 aliphatic carbocycles. The number of aryl methyl sites for hydroxylation is 1. The zero-order valence-corrected chi connectivity index (χ0v) is 14.9. The number of imidazole rings is 1. The molecule has 0 spiro atoms. The standard InChI is InChI=1S/C16H27N3O3S/c1-3-11-23(20,21)18-8-6-14(7-9-18)19-13(2)12-17-16(19)15-5-4-10-22-15/h12,14-15H,3-11H2,1-2H3. The minimum Gasteiger partial charge on any atom is -0.370 e. The van der Waals surface area contributed by atoms with E-state index in [2.05, 4.69) is 16.5 Å². The van der Waals surface area contributed by atoms with Crippen molar-refractivity contribution in [3.05, 3.63) is 17.7 Å². The third-order valence-corrected chi connectivity index (χ3v) is 6.95. The van der Waals surface area contributed by atoms with Gasteiger partial charge in [0.1, 0.15) is 11.9 Å². The van der Waals surface area contributed by atoms with Crippen LogP contribution in [0.25, 0.3) is 0 Å². The van der Waals surface area contributed by atoms with Gasteiger partial charge >= 0.3 is 0 Å². The molecule has 0 saturated carbocycles. The molecule has 2 fully saturated rings.